The third kappa shape index (κ3) is 2.64. The van der Waals surface area contributed by atoms with E-state index in [2.05, 4.69) is 24.8 Å². The summed E-state index contributed by atoms with van der Waals surface area (Å²) in [5.41, 5.74) is 1.24. The smallest absolute Gasteiger partial charge is 0.348 e. The van der Waals surface area contributed by atoms with Crippen LogP contribution in [-0.4, -0.2) is 31.4 Å². The molecule has 3 heterocycles. The summed E-state index contributed by atoms with van der Waals surface area (Å²) in [6, 6.07) is 0. The number of H-pyrrole nitrogens is 1. The van der Waals surface area contributed by atoms with Crippen LogP contribution in [0.2, 0.25) is 0 Å². The van der Waals surface area contributed by atoms with Gasteiger partial charge in [-0.1, -0.05) is 0 Å². The summed E-state index contributed by atoms with van der Waals surface area (Å²) in [6.07, 6.45) is 0.694. The number of fused-ring (bicyclic) bond motifs is 1. The second kappa shape index (κ2) is 4.86. The van der Waals surface area contributed by atoms with Crippen molar-refractivity contribution in [1.82, 2.24) is 24.8 Å². The summed E-state index contributed by atoms with van der Waals surface area (Å²) < 4.78 is 37.6. The van der Waals surface area contributed by atoms with Crippen LogP contribution < -0.4 is 0 Å². The first-order valence-electron chi connectivity index (χ1n) is 6.15. The standard InChI is InChI=1S/C12H12F3N5/c13-12(14,15)11-18-5-8-6-20(4-1-9(8)19-11)7-10-16-2-3-17-10/h2-3,5H,1,4,6-7H2,(H,16,17). The lowest BCUT2D eigenvalue weighted by atomic mass is 10.1. The number of halogens is 3. The number of hydrogen-bond acceptors (Lipinski definition) is 4. The Kier molecular flexibility index (Phi) is 3.17. The van der Waals surface area contributed by atoms with Crippen LogP contribution in [0.25, 0.3) is 0 Å². The van der Waals surface area contributed by atoms with Crippen molar-refractivity contribution in [1.29, 1.82) is 0 Å². The van der Waals surface area contributed by atoms with Crippen molar-refractivity contribution < 1.29 is 13.2 Å². The first-order chi connectivity index (χ1) is 9.52. The van der Waals surface area contributed by atoms with Crippen molar-refractivity contribution in [2.75, 3.05) is 6.54 Å². The molecule has 0 aliphatic carbocycles. The van der Waals surface area contributed by atoms with E-state index in [0.29, 0.717) is 31.7 Å². The molecular weight excluding hydrogens is 271 g/mol. The Hall–Kier alpha value is -1.96. The minimum Gasteiger partial charge on any atom is -0.348 e. The number of aromatic amines is 1. The van der Waals surface area contributed by atoms with Crippen molar-refractivity contribution in [3.8, 4) is 0 Å². The van der Waals surface area contributed by atoms with Gasteiger partial charge in [-0.2, -0.15) is 13.2 Å². The summed E-state index contributed by atoms with van der Waals surface area (Å²) in [5, 5.41) is 0. The van der Waals surface area contributed by atoms with E-state index in [1.807, 2.05) is 0 Å². The van der Waals surface area contributed by atoms with Crippen LogP contribution in [0.4, 0.5) is 13.2 Å². The fourth-order valence-corrected chi connectivity index (χ4v) is 2.24. The molecule has 0 saturated carbocycles. The molecule has 0 spiro atoms. The summed E-state index contributed by atoms with van der Waals surface area (Å²) in [6.45, 7) is 1.82. The van der Waals surface area contributed by atoms with Crippen molar-refractivity contribution >= 4 is 0 Å². The van der Waals surface area contributed by atoms with Gasteiger partial charge >= 0.3 is 6.18 Å². The minimum atomic E-state index is -4.49. The summed E-state index contributed by atoms with van der Waals surface area (Å²) in [4.78, 5) is 16.3. The van der Waals surface area contributed by atoms with Gasteiger partial charge in [-0.25, -0.2) is 15.0 Å². The van der Waals surface area contributed by atoms with Gasteiger partial charge in [0.15, 0.2) is 0 Å². The molecule has 20 heavy (non-hydrogen) atoms. The van der Waals surface area contributed by atoms with Crippen molar-refractivity contribution in [3.05, 3.63) is 41.5 Å². The quantitative estimate of drug-likeness (QED) is 0.912. The number of rotatable bonds is 2. The van der Waals surface area contributed by atoms with Crippen LogP contribution in [0.5, 0.6) is 0 Å². The maximum Gasteiger partial charge on any atom is 0.451 e. The Morgan fingerprint density at radius 3 is 2.85 bits per heavy atom. The SMILES string of the molecule is FC(F)(F)c1ncc2c(n1)CCN(Cc1ncc[nH]1)C2. The zero-order valence-electron chi connectivity index (χ0n) is 10.5. The molecular formula is C12H12F3N5. The van der Waals surface area contributed by atoms with Gasteiger partial charge < -0.3 is 4.98 Å². The zero-order valence-corrected chi connectivity index (χ0v) is 10.5. The average Bonchev–Trinajstić information content (AvgIpc) is 2.90. The van der Waals surface area contributed by atoms with Crippen LogP contribution in [-0.2, 0) is 25.7 Å². The minimum absolute atomic E-state index is 0.488. The van der Waals surface area contributed by atoms with E-state index in [-0.39, 0.29) is 0 Å². The third-order valence-corrected chi connectivity index (χ3v) is 3.19. The first kappa shape index (κ1) is 13.0. The molecule has 0 atom stereocenters. The molecule has 0 unspecified atom stereocenters. The fourth-order valence-electron chi connectivity index (χ4n) is 2.24. The second-order valence-electron chi connectivity index (χ2n) is 4.66. The monoisotopic (exact) mass is 283 g/mol. The van der Waals surface area contributed by atoms with Gasteiger partial charge in [0, 0.05) is 43.7 Å². The first-order valence-corrected chi connectivity index (χ1v) is 6.15. The molecule has 106 valence electrons. The molecule has 2 aromatic rings. The largest absolute Gasteiger partial charge is 0.451 e. The highest BCUT2D eigenvalue weighted by Gasteiger charge is 2.35. The maximum absolute atomic E-state index is 12.5. The molecule has 1 aliphatic rings. The number of hydrogen-bond donors (Lipinski definition) is 1. The van der Waals surface area contributed by atoms with Gasteiger partial charge in [-0.3, -0.25) is 4.90 Å². The normalized spacial score (nSPS) is 16.1. The molecule has 0 amide bonds. The van der Waals surface area contributed by atoms with Crippen molar-refractivity contribution in [3.63, 3.8) is 0 Å². The molecule has 8 heteroatoms. The highest BCUT2D eigenvalue weighted by Crippen LogP contribution is 2.27. The number of aromatic nitrogens is 4. The van der Waals surface area contributed by atoms with Crippen LogP contribution in [0, 0.1) is 0 Å². The Morgan fingerprint density at radius 1 is 1.30 bits per heavy atom. The number of imidazole rings is 1. The van der Waals surface area contributed by atoms with E-state index in [1.54, 1.807) is 12.4 Å². The number of nitrogens with zero attached hydrogens (tertiary/aromatic N) is 4. The molecule has 0 radical (unpaired) electrons. The predicted octanol–water partition coefficient (Wildman–Crippen LogP) is 1.78. The molecule has 5 nitrogen and oxygen atoms in total. The zero-order chi connectivity index (χ0) is 14.2. The third-order valence-electron chi connectivity index (χ3n) is 3.19. The Balaban J connectivity index is 1.75. The van der Waals surface area contributed by atoms with E-state index in [1.165, 1.54) is 6.20 Å². The summed E-state index contributed by atoms with van der Waals surface area (Å²) >= 11 is 0. The van der Waals surface area contributed by atoms with E-state index in [0.717, 1.165) is 11.4 Å². The van der Waals surface area contributed by atoms with Crippen LogP contribution in [0.1, 0.15) is 22.9 Å². The van der Waals surface area contributed by atoms with Crippen LogP contribution in [0.15, 0.2) is 18.6 Å². The van der Waals surface area contributed by atoms with E-state index in [4.69, 9.17) is 0 Å². The highest BCUT2D eigenvalue weighted by molar-refractivity contribution is 5.21. The van der Waals surface area contributed by atoms with Crippen LogP contribution >= 0.6 is 0 Å². The lowest BCUT2D eigenvalue weighted by Gasteiger charge is -2.27. The molecule has 0 fully saturated rings. The van der Waals surface area contributed by atoms with Gasteiger partial charge in [0.2, 0.25) is 5.82 Å². The van der Waals surface area contributed by atoms with Crippen molar-refractivity contribution in [2.45, 2.75) is 25.7 Å². The van der Waals surface area contributed by atoms with Gasteiger partial charge in [0.1, 0.15) is 5.82 Å². The lowest BCUT2D eigenvalue weighted by Crippen LogP contribution is -2.32. The molecule has 0 bridgehead atoms. The van der Waals surface area contributed by atoms with Crippen LogP contribution in [0.3, 0.4) is 0 Å². The predicted molar refractivity (Wildman–Crippen MR) is 63.4 cm³/mol. The van der Waals surface area contributed by atoms with Gasteiger partial charge in [-0.15, -0.1) is 0 Å². The lowest BCUT2D eigenvalue weighted by molar-refractivity contribution is -0.145. The maximum atomic E-state index is 12.5. The topological polar surface area (TPSA) is 57.7 Å². The van der Waals surface area contributed by atoms with E-state index >= 15 is 0 Å². The van der Waals surface area contributed by atoms with E-state index in [9.17, 15) is 13.2 Å². The highest BCUT2D eigenvalue weighted by atomic mass is 19.4. The summed E-state index contributed by atoms with van der Waals surface area (Å²) in [5.74, 6) is -0.225. The fraction of sp³-hybridized carbons (Fsp3) is 0.417. The second-order valence-corrected chi connectivity index (χ2v) is 4.66. The molecule has 2 aromatic heterocycles. The molecule has 1 N–H and O–H groups in total. The Labute approximate surface area is 112 Å². The van der Waals surface area contributed by atoms with Crippen molar-refractivity contribution in [2.24, 2.45) is 0 Å². The average molecular weight is 283 g/mol. The number of nitrogens with one attached hydrogen (secondary N) is 1. The van der Waals surface area contributed by atoms with Gasteiger partial charge in [0.05, 0.1) is 12.2 Å². The van der Waals surface area contributed by atoms with Gasteiger partial charge in [-0.05, 0) is 0 Å². The molecule has 1 aliphatic heterocycles. The Bertz CT molecular complexity index is 594. The number of alkyl halides is 3. The molecule has 0 aromatic carbocycles. The Morgan fingerprint density at radius 2 is 2.15 bits per heavy atom. The molecule has 0 saturated heterocycles. The summed E-state index contributed by atoms with van der Waals surface area (Å²) in [7, 11) is 0. The van der Waals surface area contributed by atoms with Gasteiger partial charge in [0.25, 0.3) is 0 Å². The molecule has 3 rings (SSSR count). The van der Waals surface area contributed by atoms with E-state index < -0.39 is 12.0 Å².